The van der Waals surface area contributed by atoms with Crippen molar-refractivity contribution in [3.63, 3.8) is 0 Å². The molecule has 0 spiro atoms. The molecule has 1 atom stereocenters. The third-order valence-electron chi connectivity index (χ3n) is 4.79. The SMILES string of the molecule is C=C=CC1(O)CCc2cc(C3CCCCC3)ccc21. The van der Waals surface area contributed by atoms with Gasteiger partial charge in [0.25, 0.3) is 0 Å². The monoisotopic (exact) mass is 254 g/mol. The third kappa shape index (κ3) is 2.29. The first-order valence-electron chi connectivity index (χ1n) is 7.45. The number of fused-ring (bicyclic) bond motifs is 1. The number of rotatable bonds is 2. The van der Waals surface area contributed by atoms with E-state index in [4.69, 9.17) is 0 Å². The fourth-order valence-electron chi connectivity index (χ4n) is 3.71. The van der Waals surface area contributed by atoms with E-state index in [-0.39, 0.29) is 0 Å². The molecule has 3 rings (SSSR count). The normalized spacial score (nSPS) is 26.8. The van der Waals surface area contributed by atoms with Gasteiger partial charge in [0.05, 0.1) is 0 Å². The molecule has 2 aliphatic carbocycles. The van der Waals surface area contributed by atoms with Crippen LogP contribution in [-0.4, -0.2) is 5.11 Å². The van der Waals surface area contributed by atoms with E-state index in [1.165, 1.54) is 43.2 Å². The van der Waals surface area contributed by atoms with E-state index in [2.05, 4.69) is 30.5 Å². The first-order valence-corrected chi connectivity index (χ1v) is 7.45. The number of hydrogen-bond donors (Lipinski definition) is 1. The minimum absolute atomic E-state index is 0.739. The molecule has 1 aromatic carbocycles. The van der Waals surface area contributed by atoms with Gasteiger partial charge in [0.15, 0.2) is 0 Å². The maximum absolute atomic E-state index is 10.6. The number of benzene rings is 1. The Bertz CT molecular complexity index is 518. The Hall–Kier alpha value is -1.30. The molecule has 1 unspecified atom stereocenters. The van der Waals surface area contributed by atoms with Gasteiger partial charge in [0, 0.05) is 0 Å². The summed E-state index contributed by atoms with van der Waals surface area (Å²) < 4.78 is 0. The highest BCUT2D eigenvalue weighted by molar-refractivity contribution is 5.43. The molecule has 1 N–H and O–H groups in total. The van der Waals surface area contributed by atoms with Crippen molar-refractivity contribution < 1.29 is 5.11 Å². The van der Waals surface area contributed by atoms with Gasteiger partial charge in [-0.15, -0.1) is 5.73 Å². The molecule has 0 heterocycles. The summed E-state index contributed by atoms with van der Waals surface area (Å²) in [4.78, 5) is 0. The van der Waals surface area contributed by atoms with Crippen LogP contribution in [0.4, 0.5) is 0 Å². The Morgan fingerprint density at radius 3 is 2.79 bits per heavy atom. The topological polar surface area (TPSA) is 20.2 Å². The molecule has 0 amide bonds. The quantitative estimate of drug-likeness (QED) is 0.784. The second-order valence-corrected chi connectivity index (χ2v) is 6.02. The first kappa shape index (κ1) is 12.7. The van der Waals surface area contributed by atoms with Gasteiger partial charge in [-0.05, 0) is 54.4 Å². The minimum atomic E-state index is -0.831. The molecule has 0 bridgehead atoms. The smallest absolute Gasteiger partial charge is 0.116 e. The highest BCUT2D eigenvalue weighted by Gasteiger charge is 2.34. The average molecular weight is 254 g/mol. The molecule has 1 aromatic rings. The van der Waals surface area contributed by atoms with Gasteiger partial charge >= 0.3 is 0 Å². The van der Waals surface area contributed by atoms with Crippen LogP contribution in [0.25, 0.3) is 0 Å². The van der Waals surface area contributed by atoms with E-state index in [9.17, 15) is 5.11 Å². The van der Waals surface area contributed by atoms with Crippen LogP contribution in [0.1, 0.15) is 61.1 Å². The van der Waals surface area contributed by atoms with Gasteiger partial charge in [-0.1, -0.05) is 44.0 Å². The summed E-state index contributed by atoms with van der Waals surface area (Å²) in [5, 5.41) is 10.6. The van der Waals surface area contributed by atoms with E-state index in [1.54, 1.807) is 6.08 Å². The fraction of sp³-hybridized carbons (Fsp3) is 0.500. The Morgan fingerprint density at radius 1 is 1.26 bits per heavy atom. The van der Waals surface area contributed by atoms with E-state index in [0.29, 0.717) is 0 Å². The molecule has 0 aromatic heterocycles. The zero-order valence-electron chi connectivity index (χ0n) is 11.5. The summed E-state index contributed by atoms with van der Waals surface area (Å²) in [7, 11) is 0. The van der Waals surface area contributed by atoms with E-state index in [1.807, 2.05) is 0 Å². The summed E-state index contributed by atoms with van der Waals surface area (Å²) in [6.45, 7) is 3.59. The van der Waals surface area contributed by atoms with Gasteiger partial charge in [-0.3, -0.25) is 0 Å². The molecular formula is C18H22O. The maximum Gasteiger partial charge on any atom is 0.116 e. The Kier molecular flexibility index (Phi) is 3.35. The van der Waals surface area contributed by atoms with Gasteiger partial charge in [0.2, 0.25) is 0 Å². The molecule has 1 nitrogen and oxygen atoms in total. The maximum atomic E-state index is 10.6. The zero-order chi connectivity index (χ0) is 13.3. The zero-order valence-corrected chi connectivity index (χ0v) is 11.5. The van der Waals surface area contributed by atoms with E-state index < -0.39 is 5.60 Å². The Morgan fingerprint density at radius 2 is 2.05 bits per heavy atom. The standard InChI is InChI=1S/C18H22O/c1-2-11-18(19)12-10-16-13-15(8-9-17(16)18)14-6-4-3-5-7-14/h8-9,11,13-14,19H,1,3-7,10,12H2. The lowest BCUT2D eigenvalue weighted by Crippen LogP contribution is -2.18. The second kappa shape index (κ2) is 5.00. The molecule has 2 aliphatic rings. The lowest BCUT2D eigenvalue weighted by atomic mass is 9.83. The molecule has 1 fully saturated rings. The van der Waals surface area contributed by atoms with Crippen molar-refractivity contribution in [1.29, 1.82) is 0 Å². The van der Waals surface area contributed by atoms with Crippen molar-refractivity contribution in [3.05, 3.63) is 53.3 Å². The summed E-state index contributed by atoms with van der Waals surface area (Å²) in [5.74, 6) is 0.739. The van der Waals surface area contributed by atoms with Crippen molar-refractivity contribution in [3.8, 4) is 0 Å². The third-order valence-corrected chi connectivity index (χ3v) is 4.79. The van der Waals surface area contributed by atoms with Crippen molar-refractivity contribution >= 4 is 0 Å². The van der Waals surface area contributed by atoms with Crippen LogP contribution in [0, 0.1) is 0 Å². The van der Waals surface area contributed by atoms with Crippen LogP contribution in [0.3, 0.4) is 0 Å². The van der Waals surface area contributed by atoms with Crippen molar-refractivity contribution in [2.45, 2.75) is 56.5 Å². The number of hydrogen-bond acceptors (Lipinski definition) is 1. The van der Waals surface area contributed by atoms with Gasteiger partial charge < -0.3 is 5.11 Å². The van der Waals surface area contributed by atoms with Crippen molar-refractivity contribution in [2.75, 3.05) is 0 Å². The lowest BCUT2D eigenvalue weighted by molar-refractivity contribution is 0.0919. The van der Waals surface area contributed by atoms with Crippen LogP contribution in [0.15, 0.2) is 36.6 Å². The van der Waals surface area contributed by atoms with Crippen LogP contribution in [0.2, 0.25) is 0 Å². The van der Waals surface area contributed by atoms with Gasteiger partial charge in [-0.2, -0.15) is 0 Å². The van der Waals surface area contributed by atoms with Gasteiger partial charge in [-0.25, -0.2) is 0 Å². The van der Waals surface area contributed by atoms with Gasteiger partial charge in [0.1, 0.15) is 5.60 Å². The van der Waals surface area contributed by atoms with E-state index in [0.717, 1.165) is 24.3 Å². The first-order chi connectivity index (χ1) is 9.23. The molecule has 19 heavy (non-hydrogen) atoms. The summed E-state index contributed by atoms with van der Waals surface area (Å²) in [5.41, 5.74) is 5.77. The molecule has 1 saturated carbocycles. The summed E-state index contributed by atoms with van der Waals surface area (Å²) in [6.07, 6.45) is 10.2. The minimum Gasteiger partial charge on any atom is -0.380 e. The molecule has 100 valence electrons. The molecular weight excluding hydrogens is 232 g/mol. The lowest BCUT2D eigenvalue weighted by Gasteiger charge is -2.23. The average Bonchev–Trinajstić information content (AvgIpc) is 2.77. The fourth-order valence-corrected chi connectivity index (χ4v) is 3.71. The Labute approximate surface area is 115 Å². The van der Waals surface area contributed by atoms with E-state index >= 15 is 0 Å². The Balaban J connectivity index is 1.91. The van der Waals surface area contributed by atoms with Crippen molar-refractivity contribution in [2.24, 2.45) is 0 Å². The van der Waals surface area contributed by atoms with Crippen LogP contribution in [0.5, 0.6) is 0 Å². The molecule has 1 heteroatoms. The van der Waals surface area contributed by atoms with Crippen LogP contribution in [-0.2, 0) is 12.0 Å². The predicted octanol–water partition coefficient (Wildman–Crippen LogP) is 4.21. The number of aryl methyl sites for hydroxylation is 1. The molecule has 0 aliphatic heterocycles. The summed E-state index contributed by atoms with van der Waals surface area (Å²) >= 11 is 0. The second-order valence-electron chi connectivity index (χ2n) is 6.02. The van der Waals surface area contributed by atoms with Crippen molar-refractivity contribution in [1.82, 2.24) is 0 Å². The number of aliphatic hydroxyl groups is 1. The highest BCUT2D eigenvalue weighted by Crippen LogP contribution is 2.40. The predicted molar refractivity (Wildman–Crippen MR) is 78.2 cm³/mol. The molecule has 0 radical (unpaired) electrons. The van der Waals surface area contributed by atoms with Crippen LogP contribution >= 0.6 is 0 Å². The summed E-state index contributed by atoms with van der Waals surface area (Å²) in [6, 6.07) is 6.68. The largest absolute Gasteiger partial charge is 0.380 e. The highest BCUT2D eigenvalue weighted by atomic mass is 16.3. The van der Waals surface area contributed by atoms with Crippen LogP contribution < -0.4 is 0 Å². The molecule has 0 saturated heterocycles.